The molecule has 0 aromatic heterocycles. The van der Waals surface area contributed by atoms with Gasteiger partial charge in [-0.2, -0.15) is 0 Å². The van der Waals surface area contributed by atoms with Crippen LogP contribution in [0.2, 0.25) is 0 Å². The number of likely N-dealkylation sites (tertiary alicyclic amines) is 2. The van der Waals surface area contributed by atoms with Crippen molar-refractivity contribution >= 4 is 0 Å². The molecule has 2 heterocycles. The number of nitrogens with one attached hydrogen (secondary N) is 1. The highest BCUT2D eigenvalue weighted by Crippen LogP contribution is 2.19. The maximum atomic E-state index is 3.78. The van der Waals surface area contributed by atoms with Gasteiger partial charge in [0.1, 0.15) is 0 Å². The van der Waals surface area contributed by atoms with Crippen molar-refractivity contribution in [3.63, 3.8) is 0 Å². The third-order valence-electron chi connectivity index (χ3n) is 4.59. The molecule has 0 radical (unpaired) electrons. The molecule has 0 saturated carbocycles. The Kier molecular flexibility index (Phi) is 4.83. The molecule has 0 spiro atoms. The molecule has 1 N–H and O–H groups in total. The van der Waals surface area contributed by atoms with Gasteiger partial charge in [0.15, 0.2) is 0 Å². The highest BCUT2D eigenvalue weighted by molar-refractivity contribution is 4.81. The van der Waals surface area contributed by atoms with E-state index in [2.05, 4.69) is 36.1 Å². The first-order valence-corrected chi connectivity index (χ1v) is 7.25. The fourth-order valence-corrected chi connectivity index (χ4v) is 3.33. The summed E-state index contributed by atoms with van der Waals surface area (Å²) in [7, 11) is 4.49. The molecule has 0 amide bonds. The van der Waals surface area contributed by atoms with Crippen molar-refractivity contribution in [1.82, 2.24) is 15.1 Å². The standard InChI is InChI=1S/C14H29N3/c1-12(14-5-4-7-16(2)11-14)15-9-13-6-8-17(3)10-13/h12-15H,4-11H2,1-3H3. The molecule has 100 valence electrons. The Balaban J connectivity index is 1.67. The van der Waals surface area contributed by atoms with E-state index in [-0.39, 0.29) is 0 Å². The minimum atomic E-state index is 0.684. The van der Waals surface area contributed by atoms with Crippen LogP contribution in [0, 0.1) is 11.8 Å². The topological polar surface area (TPSA) is 18.5 Å². The minimum Gasteiger partial charge on any atom is -0.314 e. The summed E-state index contributed by atoms with van der Waals surface area (Å²) in [5.74, 6) is 1.73. The van der Waals surface area contributed by atoms with Crippen LogP contribution in [0.3, 0.4) is 0 Å². The summed E-state index contributed by atoms with van der Waals surface area (Å²) < 4.78 is 0. The van der Waals surface area contributed by atoms with Crippen LogP contribution in [0.1, 0.15) is 26.2 Å². The third kappa shape index (κ3) is 3.94. The number of hydrogen-bond acceptors (Lipinski definition) is 3. The molecule has 0 aromatic rings. The van der Waals surface area contributed by atoms with Gasteiger partial charge in [-0.15, -0.1) is 0 Å². The number of nitrogens with zero attached hydrogens (tertiary/aromatic N) is 2. The van der Waals surface area contributed by atoms with Gasteiger partial charge in [-0.05, 0) is 71.8 Å². The van der Waals surface area contributed by atoms with Crippen LogP contribution in [-0.4, -0.2) is 62.7 Å². The van der Waals surface area contributed by atoms with Crippen LogP contribution in [0.25, 0.3) is 0 Å². The van der Waals surface area contributed by atoms with Gasteiger partial charge >= 0.3 is 0 Å². The Labute approximate surface area is 107 Å². The van der Waals surface area contributed by atoms with Crippen molar-refractivity contribution in [2.24, 2.45) is 11.8 Å². The van der Waals surface area contributed by atoms with Crippen molar-refractivity contribution in [3.05, 3.63) is 0 Å². The van der Waals surface area contributed by atoms with Gasteiger partial charge < -0.3 is 15.1 Å². The Morgan fingerprint density at radius 1 is 1.12 bits per heavy atom. The van der Waals surface area contributed by atoms with Crippen molar-refractivity contribution in [2.75, 3.05) is 46.8 Å². The van der Waals surface area contributed by atoms with E-state index in [1.807, 2.05) is 0 Å². The highest BCUT2D eigenvalue weighted by Gasteiger charge is 2.24. The monoisotopic (exact) mass is 239 g/mol. The maximum Gasteiger partial charge on any atom is 0.00793 e. The Morgan fingerprint density at radius 2 is 1.88 bits per heavy atom. The van der Waals surface area contributed by atoms with Crippen molar-refractivity contribution in [3.8, 4) is 0 Å². The predicted octanol–water partition coefficient (Wildman–Crippen LogP) is 1.26. The van der Waals surface area contributed by atoms with Gasteiger partial charge in [-0.1, -0.05) is 0 Å². The SMILES string of the molecule is CC(NCC1CCN(C)C1)C1CCCN(C)C1. The summed E-state index contributed by atoms with van der Waals surface area (Å²) in [5, 5.41) is 3.78. The first-order chi connectivity index (χ1) is 8.15. The van der Waals surface area contributed by atoms with Gasteiger partial charge in [0.2, 0.25) is 0 Å². The summed E-state index contributed by atoms with van der Waals surface area (Å²) in [6.45, 7) is 8.72. The van der Waals surface area contributed by atoms with Crippen molar-refractivity contribution in [2.45, 2.75) is 32.2 Å². The molecule has 3 unspecified atom stereocenters. The zero-order chi connectivity index (χ0) is 12.3. The lowest BCUT2D eigenvalue weighted by Crippen LogP contribution is -2.44. The Morgan fingerprint density at radius 3 is 2.53 bits per heavy atom. The second-order valence-electron chi connectivity index (χ2n) is 6.28. The molecule has 3 nitrogen and oxygen atoms in total. The molecule has 0 aliphatic carbocycles. The van der Waals surface area contributed by atoms with E-state index in [1.54, 1.807) is 0 Å². The zero-order valence-electron chi connectivity index (χ0n) is 11.8. The molecule has 2 aliphatic heterocycles. The van der Waals surface area contributed by atoms with Crippen LogP contribution in [0.5, 0.6) is 0 Å². The second-order valence-corrected chi connectivity index (χ2v) is 6.28. The van der Waals surface area contributed by atoms with E-state index in [9.17, 15) is 0 Å². The largest absolute Gasteiger partial charge is 0.314 e. The fraction of sp³-hybridized carbons (Fsp3) is 1.00. The van der Waals surface area contributed by atoms with Gasteiger partial charge in [0.05, 0.1) is 0 Å². The van der Waals surface area contributed by atoms with Gasteiger partial charge in [0.25, 0.3) is 0 Å². The predicted molar refractivity (Wildman–Crippen MR) is 73.3 cm³/mol. The lowest BCUT2D eigenvalue weighted by molar-refractivity contribution is 0.176. The molecule has 3 atom stereocenters. The van der Waals surface area contributed by atoms with Gasteiger partial charge in [-0.25, -0.2) is 0 Å². The van der Waals surface area contributed by atoms with Gasteiger partial charge in [0, 0.05) is 19.1 Å². The van der Waals surface area contributed by atoms with Gasteiger partial charge in [-0.3, -0.25) is 0 Å². The summed E-state index contributed by atoms with van der Waals surface area (Å²) in [6.07, 6.45) is 4.16. The average molecular weight is 239 g/mol. The Hall–Kier alpha value is -0.120. The fourth-order valence-electron chi connectivity index (χ4n) is 3.33. The molecule has 2 fully saturated rings. The molecule has 0 aromatic carbocycles. The third-order valence-corrected chi connectivity index (χ3v) is 4.59. The van der Waals surface area contributed by atoms with Crippen LogP contribution in [0.4, 0.5) is 0 Å². The summed E-state index contributed by atoms with van der Waals surface area (Å²) in [6, 6.07) is 0.684. The summed E-state index contributed by atoms with van der Waals surface area (Å²) in [4.78, 5) is 4.93. The molecule has 3 heteroatoms. The van der Waals surface area contributed by atoms with Crippen LogP contribution in [0.15, 0.2) is 0 Å². The van der Waals surface area contributed by atoms with E-state index in [0.29, 0.717) is 6.04 Å². The molecule has 2 saturated heterocycles. The molecular weight excluding hydrogens is 210 g/mol. The van der Waals surface area contributed by atoms with E-state index in [0.717, 1.165) is 11.8 Å². The van der Waals surface area contributed by atoms with Crippen LogP contribution in [-0.2, 0) is 0 Å². The van der Waals surface area contributed by atoms with E-state index < -0.39 is 0 Å². The van der Waals surface area contributed by atoms with Crippen molar-refractivity contribution < 1.29 is 0 Å². The smallest absolute Gasteiger partial charge is 0.00793 e. The zero-order valence-corrected chi connectivity index (χ0v) is 11.8. The molecule has 0 bridgehead atoms. The summed E-state index contributed by atoms with van der Waals surface area (Å²) >= 11 is 0. The second kappa shape index (κ2) is 6.17. The summed E-state index contributed by atoms with van der Waals surface area (Å²) in [5.41, 5.74) is 0. The van der Waals surface area contributed by atoms with Crippen LogP contribution < -0.4 is 5.32 Å². The number of hydrogen-bond donors (Lipinski definition) is 1. The maximum absolute atomic E-state index is 3.78. The average Bonchev–Trinajstić information content (AvgIpc) is 2.72. The first-order valence-electron chi connectivity index (χ1n) is 7.25. The number of rotatable bonds is 4. The molecular formula is C14H29N3. The molecule has 2 aliphatic rings. The number of piperidine rings is 1. The molecule has 2 rings (SSSR count). The first kappa shape index (κ1) is 13.3. The minimum absolute atomic E-state index is 0.684. The normalized spacial score (nSPS) is 34.1. The molecule has 17 heavy (non-hydrogen) atoms. The van der Waals surface area contributed by atoms with E-state index >= 15 is 0 Å². The van der Waals surface area contributed by atoms with Crippen LogP contribution >= 0.6 is 0 Å². The quantitative estimate of drug-likeness (QED) is 0.797. The lowest BCUT2D eigenvalue weighted by atomic mass is 9.91. The lowest BCUT2D eigenvalue weighted by Gasteiger charge is -2.34. The Bertz CT molecular complexity index is 232. The van der Waals surface area contributed by atoms with E-state index in [1.165, 1.54) is 52.0 Å². The van der Waals surface area contributed by atoms with Crippen molar-refractivity contribution in [1.29, 1.82) is 0 Å². The highest BCUT2D eigenvalue weighted by atomic mass is 15.1. The van der Waals surface area contributed by atoms with E-state index in [4.69, 9.17) is 0 Å².